The van der Waals surface area contributed by atoms with Gasteiger partial charge in [-0.05, 0) is 71.7 Å². The van der Waals surface area contributed by atoms with Crippen LogP contribution in [-0.4, -0.2) is 54.8 Å². The summed E-state index contributed by atoms with van der Waals surface area (Å²) < 4.78 is 65.3. The Morgan fingerprint density at radius 2 is 1.68 bits per heavy atom. The summed E-state index contributed by atoms with van der Waals surface area (Å²) in [7, 11) is 0. The predicted molar refractivity (Wildman–Crippen MR) is 155 cm³/mol. The van der Waals surface area contributed by atoms with E-state index in [2.05, 4.69) is 0 Å². The van der Waals surface area contributed by atoms with Crippen LogP contribution in [0.3, 0.4) is 0 Å². The number of alkyl halides is 3. The first-order valence-corrected chi connectivity index (χ1v) is 15.0. The Kier molecular flexibility index (Phi) is 8.48. The number of ether oxygens (including phenoxy) is 4. The van der Waals surface area contributed by atoms with E-state index in [0.717, 1.165) is 17.5 Å². The van der Waals surface area contributed by atoms with Crippen LogP contribution in [0.4, 0.5) is 13.2 Å². The molecule has 2 atom stereocenters. The lowest BCUT2D eigenvalue weighted by Gasteiger charge is -2.31. The molecule has 6 rings (SSSR count). The number of carboxylic acids is 1. The molecule has 234 valence electrons. The van der Waals surface area contributed by atoms with Gasteiger partial charge in [-0.1, -0.05) is 24.3 Å². The Bertz CT molecular complexity index is 1500. The largest absolute Gasteiger partial charge is 0.493 e. The molecule has 10 heteroatoms. The standard InChI is InChI=1S/C34H35F3O7/c35-34(36,37)29-10-9-26-21(11-14-42-25-6-8-27-23(17-31(38)39)19-43-30(27)18-25)3-7-28(26)32(29)22-1-4-24(5-2-22)44-20-33(40)12-15-41-16-13-33/h1-2,4-6,8-10,18,21,23,40H,3,7,11-17,19-20H2,(H,38,39). The molecule has 1 saturated heterocycles. The number of carbonyl (C=O) groups is 1. The molecule has 2 unspecified atom stereocenters. The van der Waals surface area contributed by atoms with E-state index in [0.29, 0.717) is 80.5 Å². The molecule has 44 heavy (non-hydrogen) atoms. The van der Waals surface area contributed by atoms with E-state index in [-0.39, 0.29) is 30.4 Å². The van der Waals surface area contributed by atoms with Gasteiger partial charge < -0.3 is 29.2 Å². The number of aliphatic carboxylic acids is 1. The van der Waals surface area contributed by atoms with Gasteiger partial charge in [-0.25, -0.2) is 0 Å². The summed E-state index contributed by atoms with van der Waals surface area (Å²) >= 11 is 0. The molecule has 7 nitrogen and oxygen atoms in total. The molecule has 2 heterocycles. The first kappa shape index (κ1) is 30.3. The van der Waals surface area contributed by atoms with Gasteiger partial charge in [0.15, 0.2) is 0 Å². The molecule has 2 aliphatic heterocycles. The summed E-state index contributed by atoms with van der Waals surface area (Å²) in [4.78, 5) is 11.1. The van der Waals surface area contributed by atoms with Crippen LogP contribution in [-0.2, 0) is 22.1 Å². The van der Waals surface area contributed by atoms with Crippen LogP contribution >= 0.6 is 0 Å². The highest BCUT2D eigenvalue weighted by atomic mass is 19.4. The number of hydrogen-bond donors (Lipinski definition) is 2. The molecule has 3 aromatic rings. The maximum absolute atomic E-state index is 14.2. The third kappa shape index (κ3) is 6.51. The summed E-state index contributed by atoms with van der Waals surface area (Å²) in [6.45, 7) is 1.72. The van der Waals surface area contributed by atoms with Crippen molar-refractivity contribution in [3.63, 3.8) is 0 Å². The first-order chi connectivity index (χ1) is 21.1. The van der Waals surface area contributed by atoms with Crippen molar-refractivity contribution in [3.05, 3.63) is 76.9 Å². The topological polar surface area (TPSA) is 94.5 Å². The molecule has 0 radical (unpaired) electrons. The second-order valence-electron chi connectivity index (χ2n) is 11.9. The van der Waals surface area contributed by atoms with Gasteiger partial charge in [-0.15, -0.1) is 0 Å². The van der Waals surface area contributed by atoms with E-state index in [1.807, 2.05) is 6.07 Å². The Morgan fingerprint density at radius 3 is 2.41 bits per heavy atom. The van der Waals surface area contributed by atoms with Gasteiger partial charge in [0.2, 0.25) is 0 Å². The smallest absolute Gasteiger partial charge is 0.417 e. The highest BCUT2D eigenvalue weighted by Gasteiger charge is 2.38. The van der Waals surface area contributed by atoms with Crippen LogP contribution in [0.25, 0.3) is 11.1 Å². The van der Waals surface area contributed by atoms with Crippen LogP contribution < -0.4 is 14.2 Å². The minimum Gasteiger partial charge on any atom is -0.493 e. The summed E-state index contributed by atoms with van der Waals surface area (Å²) in [5, 5.41) is 19.8. The number of hydrogen-bond acceptors (Lipinski definition) is 6. The lowest BCUT2D eigenvalue weighted by molar-refractivity contribution is -0.138. The maximum atomic E-state index is 14.2. The fourth-order valence-electron chi connectivity index (χ4n) is 6.53. The number of fused-ring (bicyclic) bond motifs is 2. The van der Waals surface area contributed by atoms with E-state index in [9.17, 15) is 23.1 Å². The zero-order valence-corrected chi connectivity index (χ0v) is 24.2. The highest BCUT2D eigenvalue weighted by molar-refractivity contribution is 5.75. The molecule has 0 bridgehead atoms. The lowest BCUT2D eigenvalue weighted by Crippen LogP contribution is -2.41. The average molecular weight is 613 g/mol. The second kappa shape index (κ2) is 12.3. The molecule has 0 saturated carbocycles. The van der Waals surface area contributed by atoms with Crippen molar-refractivity contribution in [2.75, 3.05) is 33.0 Å². The summed E-state index contributed by atoms with van der Waals surface area (Å²) in [5.41, 5.74) is 1.53. The van der Waals surface area contributed by atoms with Crippen LogP contribution in [0.2, 0.25) is 0 Å². The Labute approximate surface area is 253 Å². The molecule has 1 fully saturated rings. The molecule has 0 aromatic heterocycles. The zero-order valence-electron chi connectivity index (χ0n) is 24.2. The van der Waals surface area contributed by atoms with Gasteiger partial charge in [-0.2, -0.15) is 13.2 Å². The van der Waals surface area contributed by atoms with Crippen LogP contribution in [0.5, 0.6) is 17.2 Å². The Balaban J connectivity index is 1.14. The van der Waals surface area contributed by atoms with Crippen molar-refractivity contribution in [1.29, 1.82) is 0 Å². The molecule has 3 aliphatic rings. The van der Waals surface area contributed by atoms with E-state index < -0.39 is 23.3 Å². The van der Waals surface area contributed by atoms with E-state index in [1.165, 1.54) is 6.07 Å². The van der Waals surface area contributed by atoms with Crippen molar-refractivity contribution in [1.82, 2.24) is 0 Å². The van der Waals surface area contributed by atoms with Gasteiger partial charge in [0.25, 0.3) is 0 Å². The number of rotatable bonds is 10. The third-order valence-electron chi connectivity index (χ3n) is 8.93. The molecule has 2 N–H and O–H groups in total. The van der Waals surface area contributed by atoms with Gasteiger partial charge >= 0.3 is 12.1 Å². The number of carboxylic acid groups (broad SMARTS) is 1. The summed E-state index contributed by atoms with van der Waals surface area (Å²) in [6.07, 6.45) is -1.67. The number of aliphatic hydroxyl groups is 1. The van der Waals surface area contributed by atoms with Gasteiger partial charge in [0, 0.05) is 43.6 Å². The first-order valence-electron chi connectivity index (χ1n) is 15.0. The SMILES string of the molecule is O=C(O)CC1COc2cc(OCCC3CCc4c3ccc(C(F)(F)F)c4-c3ccc(OCC4(O)CCOCC4)cc3)ccc21. The Hall–Kier alpha value is -3.76. The highest BCUT2D eigenvalue weighted by Crippen LogP contribution is 2.47. The van der Waals surface area contributed by atoms with E-state index in [1.54, 1.807) is 42.5 Å². The normalized spacial score (nSPS) is 20.5. The van der Waals surface area contributed by atoms with Crippen molar-refractivity contribution in [2.24, 2.45) is 0 Å². The molecule has 0 amide bonds. The molecule has 3 aromatic carbocycles. The van der Waals surface area contributed by atoms with Crippen LogP contribution in [0, 0.1) is 0 Å². The van der Waals surface area contributed by atoms with Gasteiger partial charge in [0.05, 0.1) is 25.2 Å². The van der Waals surface area contributed by atoms with E-state index in [4.69, 9.17) is 24.1 Å². The van der Waals surface area contributed by atoms with Gasteiger partial charge in [-0.3, -0.25) is 4.79 Å². The third-order valence-corrected chi connectivity index (χ3v) is 8.93. The minimum atomic E-state index is -4.51. The van der Waals surface area contributed by atoms with Crippen molar-refractivity contribution in [2.45, 2.75) is 62.1 Å². The minimum absolute atomic E-state index is 0.00475. The number of halogens is 3. The predicted octanol–water partition coefficient (Wildman–Crippen LogP) is 6.74. The zero-order chi connectivity index (χ0) is 30.9. The quantitative estimate of drug-likeness (QED) is 0.262. The molecular formula is C34H35F3O7. The average Bonchev–Trinajstić information content (AvgIpc) is 3.59. The van der Waals surface area contributed by atoms with Crippen molar-refractivity contribution >= 4 is 5.97 Å². The number of benzene rings is 3. The lowest BCUT2D eigenvalue weighted by atomic mass is 9.89. The summed E-state index contributed by atoms with van der Waals surface area (Å²) in [6, 6.07) is 14.8. The van der Waals surface area contributed by atoms with Crippen molar-refractivity contribution < 1.29 is 47.1 Å². The van der Waals surface area contributed by atoms with Crippen molar-refractivity contribution in [3.8, 4) is 28.4 Å². The fraction of sp³-hybridized carbons (Fsp3) is 0.441. The summed E-state index contributed by atoms with van der Waals surface area (Å²) in [5.74, 6) is 0.716. The monoisotopic (exact) mass is 612 g/mol. The van der Waals surface area contributed by atoms with Crippen LogP contribution in [0.15, 0.2) is 54.6 Å². The Morgan fingerprint density at radius 1 is 0.955 bits per heavy atom. The maximum Gasteiger partial charge on any atom is 0.417 e. The second-order valence-corrected chi connectivity index (χ2v) is 11.9. The molecule has 0 spiro atoms. The molecular weight excluding hydrogens is 577 g/mol. The van der Waals surface area contributed by atoms with E-state index >= 15 is 0 Å². The molecule has 1 aliphatic carbocycles. The van der Waals surface area contributed by atoms with Crippen LogP contribution in [0.1, 0.15) is 66.2 Å². The van der Waals surface area contributed by atoms with Gasteiger partial charge in [0.1, 0.15) is 29.5 Å². The fourth-order valence-corrected chi connectivity index (χ4v) is 6.53.